The molecule has 0 saturated carbocycles. The van der Waals surface area contributed by atoms with E-state index in [0.29, 0.717) is 0 Å². The van der Waals surface area contributed by atoms with Crippen molar-refractivity contribution in [2.75, 3.05) is 0 Å². The Morgan fingerprint density at radius 1 is 1.00 bits per heavy atom. The molecule has 5 heavy (non-hydrogen) atoms. The first-order valence-electron chi connectivity index (χ1n) is 1.00. The molecule has 0 aromatic rings. The molecule has 0 heterocycles. The molecule has 0 aromatic carbocycles. The molecule has 0 rings (SSSR count). The molecule has 0 fully saturated rings. The summed E-state index contributed by atoms with van der Waals surface area (Å²) >= 11 is 0.230. The molecule has 0 radical (unpaired) electrons. The first kappa shape index (κ1) is 15.8. The van der Waals surface area contributed by atoms with Crippen LogP contribution in [0.4, 0.5) is 0 Å². The number of hydrogen-bond acceptors (Lipinski definition) is 0. The molecule has 0 N–H and O–H groups in total. The monoisotopic (exact) mass is 278 g/mol. The summed E-state index contributed by atoms with van der Waals surface area (Å²) in [4.78, 5) is 0. The quantitative estimate of drug-likeness (QED) is 0.418. The predicted octanol–water partition coefficient (Wildman–Crippen LogP) is -4.83. The van der Waals surface area contributed by atoms with Crippen molar-refractivity contribution in [1.82, 2.24) is 0 Å². The van der Waals surface area contributed by atoms with Gasteiger partial charge in [0, 0.05) is 0 Å². The Bertz CT molecular complexity index is 7.61. The number of rotatable bonds is 0. The second-order valence-corrected chi connectivity index (χ2v) is 2.96. The Morgan fingerprint density at radius 3 is 1.00 bits per heavy atom. The fourth-order valence-corrected chi connectivity index (χ4v) is 0. The topological polar surface area (TPSA) is 0 Å². The van der Waals surface area contributed by atoms with Gasteiger partial charge >= 0.3 is 32.5 Å². The summed E-state index contributed by atoms with van der Waals surface area (Å²) < 4.78 is 4.59. The zero-order valence-electron chi connectivity index (χ0n) is 3.26. The van der Waals surface area contributed by atoms with Crippen LogP contribution in [0, 0.1) is 0 Å². The van der Waals surface area contributed by atoms with E-state index in [9.17, 15) is 0 Å². The average Bonchev–Trinajstić information content (AvgIpc) is 0.918. The van der Waals surface area contributed by atoms with Crippen molar-refractivity contribution in [3.8, 4) is 0 Å². The van der Waals surface area contributed by atoms with Gasteiger partial charge in [0.1, 0.15) is 0 Å². The zero-order valence-corrected chi connectivity index (χ0v) is 8.89. The summed E-state index contributed by atoms with van der Waals surface area (Å²) in [6.45, 7) is 0. The summed E-state index contributed by atoms with van der Waals surface area (Å²) in [6.07, 6.45) is 0. The van der Waals surface area contributed by atoms with E-state index in [2.05, 4.69) is 9.26 Å². The van der Waals surface area contributed by atoms with Crippen LogP contribution in [0.3, 0.4) is 0 Å². The third-order valence-corrected chi connectivity index (χ3v) is 0. The Hall–Kier alpha value is 1.84. The van der Waals surface area contributed by atoms with Crippen LogP contribution in [0.15, 0.2) is 0 Å². The molecule has 0 aliphatic heterocycles. The van der Waals surface area contributed by atoms with E-state index < -0.39 is 0 Å². The van der Waals surface area contributed by atoms with Gasteiger partial charge in [-0.25, -0.2) is 0 Å². The van der Waals surface area contributed by atoms with Gasteiger partial charge in [-0.05, 0) is 0 Å². The van der Waals surface area contributed by atoms with Crippen molar-refractivity contribution in [1.29, 1.82) is 0 Å². The molecule has 32 valence electrons. The van der Waals surface area contributed by atoms with E-state index in [1.54, 1.807) is 0 Å². The minimum atomic E-state index is 0. The summed E-state index contributed by atoms with van der Waals surface area (Å²) in [7, 11) is 0. The van der Waals surface area contributed by atoms with E-state index >= 15 is 0 Å². The second kappa shape index (κ2) is 17.0. The van der Waals surface area contributed by atoms with Gasteiger partial charge in [0.2, 0.25) is 0 Å². The molecular weight excluding hydrogens is 275 g/mol. The number of hydrogen-bond donors (Lipinski definition) is 0. The fourth-order valence-electron chi connectivity index (χ4n) is 0. The second-order valence-electron chi connectivity index (χ2n) is 0.500. The van der Waals surface area contributed by atoms with Crippen molar-refractivity contribution in [3.05, 3.63) is 0 Å². The molecule has 0 aromatic heterocycles. The van der Waals surface area contributed by atoms with Crippen LogP contribution >= 0.6 is 0 Å². The van der Waals surface area contributed by atoms with Crippen LogP contribution < -0.4 is 34.0 Å². The molecule has 3 heteroatoms. The van der Waals surface area contributed by atoms with E-state index in [-0.39, 0.29) is 57.2 Å². The van der Waals surface area contributed by atoms with Gasteiger partial charge in [0.25, 0.3) is 0 Å². The van der Waals surface area contributed by atoms with Crippen LogP contribution in [0.2, 0.25) is 9.26 Å². The first-order chi connectivity index (χ1) is 1.41. The van der Waals surface area contributed by atoms with Gasteiger partial charge in [0.05, 0.1) is 0 Å². The van der Waals surface area contributed by atoms with Crippen LogP contribution in [0.1, 0.15) is 0 Å². The predicted molar refractivity (Wildman–Crippen MR) is 11.7 cm³/mol. The van der Waals surface area contributed by atoms with Gasteiger partial charge < -0.3 is 34.0 Å². The Labute approximate surface area is 65.8 Å². The standard InChI is InChI=1S/2CH3.2BrH.Zr/h2*1H3;2*1H;/q;;;;+2/p-2. The Morgan fingerprint density at radius 2 is 1.00 bits per heavy atom. The van der Waals surface area contributed by atoms with Gasteiger partial charge in [0.15, 0.2) is 0 Å². The Kier molecular flexibility index (Phi) is 53.6. The first-order valence-corrected chi connectivity index (χ1v) is 5.92. The molecule has 0 aliphatic carbocycles. The molecular formula is C2H6Br2Zr. The normalized spacial score (nSPS) is 2.00. The van der Waals surface area contributed by atoms with Crippen molar-refractivity contribution in [3.63, 3.8) is 0 Å². The van der Waals surface area contributed by atoms with Crippen molar-refractivity contribution in [2.45, 2.75) is 9.26 Å². The van der Waals surface area contributed by atoms with Crippen molar-refractivity contribution >= 4 is 0 Å². The zero-order chi connectivity index (χ0) is 2.71. The minimum absolute atomic E-state index is 0. The van der Waals surface area contributed by atoms with E-state index in [1.807, 2.05) is 0 Å². The van der Waals surface area contributed by atoms with Crippen LogP contribution in [-0.2, 0) is 23.2 Å². The van der Waals surface area contributed by atoms with E-state index in [0.717, 1.165) is 0 Å². The van der Waals surface area contributed by atoms with Crippen LogP contribution in [0.5, 0.6) is 0 Å². The van der Waals surface area contributed by atoms with Crippen LogP contribution in [0.25, 0.3) is 0 Å². The third kappa shape index (κ3) is 25.4. The molecule has 0 spiro atoms. The Balaban J connectivity index is -0.0000000200. The molecule has 0 amide bonds. The SMILES string of the molecule is [Br-].[Br-].[CH3][Zr+2][CH3]. The van der Waals surface area contributed by atoms with Gasteiger partial charge in [-0.3, -0.25) is 0 Å². The molecule has 0 nitrogen and oxygen atoms in total. The van der Waals surface area contributed by atoms with Gasteiger partial charge in [-0.1, -0.05) is 0 Å². The molecule has 0 bridgehead atoms. The number of halogens is 2. The summed E-state index contributed by atoms with van der Waals surface area (Å²) in [5.41, 5.74) is 0. The van der Waals surface area contributed by atoms with Crippen molar-refractivity contribution in [2.24, 2.45) is 0 Å². The van der Waals surface area contributed by atoms with Crippen molar-refractivity contribution < 1.29 is 57.2 Å². The molecule has 0 unspecified atom stereocenters. The maximum absolute atomic E-state index is 2.30. The third-order valence-electron chi connectivity index (χ3n) is 0. The molecule has 0 saturated heterocycles. The molecule has 0 aliphatic rings. The van der Waals surface area contributed by atoms with Crippen LogP contribution in [-0.4, -0.2) is 0 Å². The summed E-state index contributed by atoms with van der Waals surface area (Å²) in [5.74, 6) is 0. The maximum atomic E-state index is 2.30. The summed E-state index contributed by atoms with van der Waals surface area (Å²) in [5, 5.41) is 0. The van der Waals surface area contributed by atoms with Gasteiger partial charge in [-0.15, -0.1) is 0 Å². The average molecular weight is 281 g/mol. The summed E-state index contributed by atoms with van der Waals surface area (Å²) in [6, 6.07) is 0. The molecule has 0 atom stereocenters. The fraction of sp³-hybridized carbons (Fsp3) is 1.00. The van der Waals surface area contributed by atoms with E-state index in [1.165, 1.54) is 0 Å². The van der Waals surface area contributed by atoms with E-state index in [4.69, 9.17) is 0 Å². The van der Waals surface area contributed by atoms with Gasteiger partial charge in [-0.2, -0.15) is 0 Å².